The van der Waals surface area contributed by atoms with Crippen molar-refractivity contribution in [3.63, 3.8) is 0 Å². The van der Waals surface area contributed by atoms with Crippen molar-refractivity contribution in [1.82, 2.24) is 0 Å². The van der Waals surface area contributed by atoms with Gasteiger partial charge in [0.25, 0.3) is 0 Å². The first kappa shape index (κ1) is 21.8. The topological polar surface area (TPSA) is 9.23 Å². The number of benzene rings is 2. The van der Waals surface area contributed by atoms with E-state index >= 15 is 0 Å². The van der Waals surface area contributed by atoms with Crippen molar-refractivity contribution in [3.05, 3.63) is 59.7 Å². The fraction of sp³-hybridized carbons (Fsp3) is 0.625. The Balaban J connectivity index is 1.16. The maximum Gasteiger partial charge on any atom is 0.127 e. The zero-order valence-corrected chi connectivity index (χ0v) is 21.6. The SMILES string of the molecule is CC1(C)C2CCC1(C)C(c1ccc(Oc3ccc(C4CC5CCC4(C)C5(C)C)cc3)cc1)C2. The first-order valence-electron chi connectivity index (χ1n) is 13.4. The molecular weight excluding hydrogens is 400 g/mol. The van der Waals surface area contributed by atoms with Crippen LogP contribution in [0, 0.1) is 33.5 Å². The Bertz CT molecular complexity index is 959. The molecule has 0 heterocycles. The minimum Gasteiger partial charge on any atom is -0.457 e. The number of hydrogen-bond donors (Lipinski definition) is 0. The van der Waals surface area contributed by atoms with Crippen LogP contribution in [-0.4, -0.2) is 0 Å². The van der Waals surface area contributed by atoms with E-state index < -0.39 is 0 Å². The highest BCUT2D eigenvalue weighted by Crippen LogP contribution is 2.72. The van der Waals surface area contributed by atoms with Crippen LogP contribution >= 0.6 is 0 Å². The van der Waals surface area contributed by atoms with Crippen molar-refractivity contribution in [2.45, 2.75) is 91.9 Å². The molecule has 4 aliphatic carbocycles. The fourth-order valence-corrected chi connectivity index (χ4v) is 9.09. The first-order chi connectivity index (χ1) is 15.6. The van der Waals surface area contributed by atoms with Gasteiger partial charge < -0.3 is 4.74 Å². The van der Waals surface area contributed by atoms with Crippen molar-refractivity contribution in [2.24, 2.45) is 33.5 Å². The van der Waals surface area contributed by atoms with Gasteiger partial charge in [0.1, 0.15) is 11.5 Å². The molecular formula is C32H42O. The molecule has 0 N–H and O–H groups in total. The van der Waals surface area contributed by atoms with Gasteiger partial charge in [-0.1, -0.05) is 65.8 Å². The number of fused-ring (bicyclic) bond motifs is 4. The summed E-state index contributed by atoms with van der Waals surface area (Å²) in [4.78, 5) is 0. The Morgan fingerprint density at radius 2 is 0.939 bits per heavy atom. The number of rotatable bonds is 4. The Kier molecular flexibility index (Phi) is 4.54. The molecule has 6 unspecified atom stereocenters. The average Bonchev–Trinajstić information content (AvgIpc) is 3.32. The van der Waals surface area contributed by atoms with Crippen molar-refractivity contribution in [1.29, 1.82) is 0 Å². The molecule has 6 atom stereocenters. The van der Waals surface area contributed by atoms with Crippen LogP contribution in [0.15, 0.2) is 48.5 Å². The highest BCUT2D eigenvalue weighted by atomic mass is 16.5. The van der Waals surface area contributed by atoms with E-state index in [1.54, 1.807) is 0 Å². The van der Waals surface area contributed by atoms with E-state index in [9.17, 15) is 0 Å². The quantitative estimate of drug-likeness (QED) is 0.458. The Labute approximate surface area is 201 Å². The summed E-state index contributed by atoms with van der Waals surface area (Å²) >= 11 is 0. The summed E-state index contributed by atoms with van der Waals surface area (Å²) in [7, 11) is 0. The van der Waals surface area contributed by atoms with Crippen LogP contribution in [0.4, 0.5) is 0 Å². The molecule has 0 amide bonds. The molecule has 0 aliphatic heterocycles. The average molecular weight is 443 g/mol. The van der Waals surface area contributed by atoms with Crippen LogP contribution in [0.5, 0.6) is 11.5 Å². The Morgan fingerprint density at radius 3 is 1.21 bits per heavy atom. The first-order valence-corrected chi connectivity index (χ1v) is 13.4. The highest BCUT2D eigenvalue weighted by Gasteiger charge is 2.62. The second-order valence-corrected chi connectivity index (χ2v) is 13.6. The number of ether oxygens (including phenoxy) is 1. The predicted molar refractivity (Wildman–Crippen MR) is 137 cm³/mol. The van der Waals surface area contributed by atoms with Crippen molar-refractivity contribution >= 4 is 0 Å². The summed E-state index contributed by atoms with van der Waals surface area (Å²) in [6, 6.07) is 18.1. The van der Waals surface area contributed by atoms with E-state index in [4.69, 9.17) is 4.74 Å². The maximum absolute atomic E-state index is 6.27. The molecule has 4 aliphatic rings. The van der Waals surface area contributed by atoms with E-state index in [0.717, 1.165) is 23.3 Å². The summed E-state index contributed by atoms with van der Waals surface area (Å²) < 4.78 is 6.27. The van der Waals surface area contributed by atoms with Gasteiger partial charge in [-0.05, 0) is 119 Å². The summed E-state index contributed by atoms with van der Waals surface area (Å²) in [5.41, 5.74) is 4.78. The van der Waals surface area contributed by atoms with Crippen molar-refractivity contribution in [3.8, 4) is 11.5 Å². The lowest BCUT2D eigenvalue weighted by Gasteiger charge is -2.39. The second kappa shape index (κ2) is 6.89. The molecule has 4 fully saturated rings. The molecule has 176 valence electrons. The zero-order valence-electron chi connectivity index (χ0n) is 21.6. The monoisotopic (exact) mass is 442 g/mol. The van der Waals surface area contributed by atoms with E-state index in [1.165, 1.54) is 49.7 Å². The second-order valence-electron chi connectivity index (χ2n) is 13.6. The molecule has 2 aromatic rings. The number of hydrogen-bond acceptors (Lipinski definition) is 1. The minimum atomic E-state index is 0.431. The van der Waals surface area contributed by atoms with Crippen LogP contribution in [0.25, 0.3) is 0 Å². The van der Waals surface area contributed by atoms with E-state index in [2.05, 4.69) is 90.1 Å². The molecule has 0 saturated heterocycles. The van der Waals surface area contributed by atoms with Gasteiger partial charge in [-0.15, -0.1) is 0 Å². The lowest BCUT2D eigenvalue weighted by Crippen LogP contribution is -2.31. The van der Waals surface area contributed by atoms with Gasteiger partial charge in [0.05, 0.1) is 0 Å². The van der Waals surface area contributed by atoms with Gasteiger partial charge in [-0.2, -0.15) is 0 Å². The van der Waals surface area contributed by atoms with Gasteiger partial charge in [0.2, 0.25) is 0 Å². The predicted octanol–water partition coefficient (Wildman–Crippen LogP) is 9.34. The summed E-state index contributed by atoms with van der Waals surface area (Å²) in [6.45, 7) is 15.1. The molecule has 0 spiro atoms. The van der Waals surface area contributed by atoms with Crippen LogP contribution in [0.3, 0.4) is 0 Å². The summed E-state index contributed by atoms with van der Waals surface area (Å²) in [6.07, 6.45) is 8.27. The molecule has 4 saturated carbocycles. The third-order valence-electron chi connectivity index (χ3n) is 12.4. The van der Waals surface area contributed by atoms with Crippen LogP contribution in [0.1, 0.15) is 103 Å². The largest absolute Gasteiger partial charge is 0.457 e. The molecule has 1 nitrogen and oxygen atoms in total. The van der Waals surface area contributed by atoms with Crippen LogP contribution < -0.4 is 4.74 Å². The van der Waals surface area contributed by atoms with E-state index in [1.807, 2.05) is 0 Å². The summed E-state index contributed by atoms with van der Waals surface area (Å²) in [5.74, 6) is 5.03. The van der Waals surface area contributed by atoms with Crippen molar-refractivity contribution in [2.75, 3.05) is 0 Å². The van der Waals surface area contributed by atoms with Gasteiger partial charge in [0.15, 0.2) is 0 Å². The lowest BCUT2D eigenvalue weighted by molar-refractivity contribution is 0.134. The van der Waals surface area contributed by atoms with Gasteiger partial charge in [-0.25, -0.2) is 0 Å². The molecule has 0 aromatic heterocycles. The van der Waals surface area contributed by atoms with Crippen molar-refractivity contribution < 1.29 is 4.74 Å². The van der Waals surface area contributed by atoms with Gasteiger partial charge in [-0.3, -0.25) is 0 Å². The Morgan fingerprint density at radius 1 is 0.576 bits per heavy atom. The molecule has 2 aromatic carbocycles. The molecule has 0 radical (unpaired) electrons. The van der Waals surface area contributed by atoms with E-state index in [0.29, 0.717) is 33.5 Å². The third-order valence-corrected chi connectivity index (χ3v) is 12.4. The zero-order chi connectivity index (χ0) is 23.2. The lowest BCUT2D eigenvalue weighted by atomic mass is 9.65. The summed E-state index contributed by atoms with van der Waals surface area (Å²) in [5, 5.41) is 0. The van der Waals surface area contributed by atoms with Crippen LogP contribution in [-0.2, 0) is 0 Å². The highest BCUT2D eigenvalue weighted by molar-refractivity contribution is 5.39. The van der Waals surface area contributed by atoms with Gasteiger partial charge >= 0.3 is 0 Å². The van der Waals surface area contributed by atoms with E-state index in [-0.39, 0.29) is 0 Å². The molecule has 33 heavy (non-hydrogen) atoms. The maximum atomic E-state index is 6.27. The van der Waals surface area contributed by atoms with Crippen LogP contribution in [0.2, 0.25) is 0 Å². The normalized spacial score (nSPS) is 39.8. The third kappa shape index (κ3) is 2.83. The van der Waals surface area contributed by atoms with Gasteiger partial charge in [0, 0.05) is 0 Å². The Hall–Kier alpha value is -1.76. The standard InChI is InChI=1S/C32H42O/c1-29(2)23-15-17-31(29,5)27(19-23)21-7-11-25(12-8-21)33-26-13-9-22(10-14-26)28-20-24-16-18-32(28,6)30(24,3)4/h7-14,23-24,27-28H,15-20H2,1-6H3. The fourth-order valence-electron chi connectivity index (χ4n) is 9.09. The molecule has 6 rings (SSSR count). The minimum absolute atomic E-state index is 0.431. The molecule has 4 bridgehead atoms. The molecule has 1 heteroatoms. The smallest absolute Gasteiger partial charge is 0.127 e.